The minimum atomic E-state index is 0.315. The van der Waals surface area contributed by atoms with Gasteiger partial charge < -0.3 is 14.5 Å². The number of aromatic nitrogens is 5. The molecule has 0 aliphatic carbocycles. The maximum atomic E-state index is 6.04. The molecule has 1 aliphatic heterocycles. The summed E-state index contributed by atoms with van der Waals surface area (Å²) in [5.41, 5.74) is 3.35. The number of aromatic amines is 1. The monoisotopic (exact) mass is 385 g/mol. The highest BCUT2D eigenvalue weighted by Gasteiger charge is 2.22. The highest BCUT2D eigenvalue weighted by Crippen LogP contribution is 2.32. The first-order chi connectivity index (χ1) is 14.3. The Kier molecular flexibility index (Phi) is 4.88. The predicted octanol–water partition coefficient (Wildman–Crippen LogP) is 3.91. The number of nitrogens with one attached hydrogen (secondary N) is 1. The molecule has 7 heteroatoms. The average Bonchev–Trinajstić information content (AvgIpc) is 3.18. The fourth-order valence-corrected chi connectivity index (χ4v) is 3.42. The highest BCUT2D eigenvalue weighted by atomic mass is 16.5. The first-order valence-electron chi connectivity index (χ1n) is 9.59. The molecule has 4 aromatic rings. The van der Waals surface area contributed by atoms with E-state index in [0.29, 0.717) is 29.0 Å². The number of nitrogens with zero attached hydrogens (tertiary/aromatic N) is 4. The van der Waals surface area contributed by atoms with E-state index in [1.165, 1.54) is 0 Å². The number of benzene rings is 1. The van der Waals surface area contributed by atoms with Crippen molar-refractivity contribution in [3.8, 4) is 11.6 Å². The van der Waals surface area contributed by atoms with Crippen LogP contribution in [0.3, 0.4) is 0 Å². The number of pyridine rings is 1. The van der Waals surface area contributed by atoms with Gasteiger partial charge in [0.1, 0.15) is 17.3 Å². The lowest BCUT2D eigenvalue weighted by molar-refractivity contribution is 0.0839. The number of hydrogen-bond acceptors (Lipinski definition) is 6. The van der Waals surface area contributed by atoms with Crippen LogP contribution in [0.15, 0.2) is 55.0 Å². The molecule has 1 aliphatic rings. The van der Waals surface area contributed by atoms with Gasteiger partial charge in [0, 0.05) is 37.7 Å². The molecular formula is C22H19N5O2. The van der Waals surface area contributed by atoms with Gasteiger partial charge in [-0.05, 0) is 42.7 Å². The predicted molar refractivity (Wildman–Crippen MR) is 107 cm³/mol. The summed E-state index contributed by atoms with van der Waals surface area (Å²) < 4.78 is 11.5. The van der Waals surface area contributed by atoms with Gasteiger partial charge in [0.05, 0.1) is 11.9 Å². The SMILES string of the molecule is [C](c1ccc(Oc2nccnc2C2CCOCC2)cc1)c1nc2ncccc2[nH]1. The second kappa shape index (κ2) is 7.97. The normalized spacial score (nSPS) is 14.9. The van der Waals surface area contributed by atoms with Crippen molar-refractivity contribution in [2.24, 2.45) is 0 Å². The summed E-state index contributed by atoms with van der Waals surface area (Å²) in [6.45, 7) is 1.50. The van der Waals surface area contributed by atoms with Gasteiger partial charge >= 0.3 is 0 Å². The Bertz CT molecular complexity index is 1070. The van der Waals surface area contributed by atoms with Crippen LogP contribution >= 0.6 is 0 Å². The molecule has 0 unspecified atom stereocenters. The smallest absolute Gasteiger partial charge is 0.241 e. The minimum absolute atomic E-state index is 0.315. The van der Waals surface area contributed by atoms with E-state index in [9.17, 15) is 0 Å². The van der Waals surface area contributed by atoms with Crippen molar-refractivity contribution in [3.63, 3.8) is 0 Å². The number of rotatable bonds is 5. The second-order valence-corrected chi connectivity index (χ2v) is 6.84. The minimum Gasteiger partial charge on any atom is -0.437 e. The summed E-state index contributed by atoms with van der Waals surface area (Å²) in [5.74, 6) is 2.22. The van der Waals surface area contributed by atoms with Gasteiger partial charge in [-0.25, -0.2) is 15.0 Å². The molecule has 0 saturated carbocycles. The molecule has 3 aromatic heterocycles. The standard InChI is InChI=1S/C22H19N5O2/c1-2-18-21(24-9-1)27-19(26-18)14-15-3-5-17(6-4-15)29-22-20(23-10-11-25-22)16-7-12-28-13-8-16/h1-6,9-11,16H,7-8,12-13H2,(H,24,26,27). The average molecular weight is 385 g/mol. The molecule has 0 spiro atoms. The van der Waals surface area contributed by atoms with Crippen molar-refractivity contribution in [3.05, 3.63) is 78.5 Å². The lowest BCUT2D eigenvalue weighted by atomic mass is 9.96. The zero-order valence-electron chi connectivity index (χ0n) is 15.7. The molecule has 2 radical (unpaired) electrons. The molecule has 0 bridgehead atoms. The van der Waals surface area contributed by atoms with E-state index in [1.54, 1.807) is 18.6 Å². The van der Waals surface area contributed by atoms with Crippen molar-refractivity contribution in [2.45, 2.75) is 18.8 Å². The topological polar surface area (TPSA) is 85.8 Å². The van der Waals surface area contributed by atoms with Crippen LogP contribution in [0, 0.1) is 6.42 Å². The molecule has 0 amide bonds. The lowest BCUT2D eigenvalue weighted by Crippen LogP contribution is -2.16. The quantitative estimate of drug-likeness (QED) is 0.561. The van der Waals surface area contributed by atoms with Gasteiger partial charge in [-0.3, -0.25) is 4.98 Å². The largest absolute Gasteiger partial charge is 0.437 e. The Morgan fingerprint density at radius 2 is 1.79 bits per heavy atom. The Morgan fingerprint density at radius 1 is 0.966 bits per heavy atom. The number of imidazole rings is 1. The van der Waals surface area contributed by atoms with Crippen molar-refractivity contribution in [1.82, 2.24) is 24.9 Å². The molecule has 4 heterocycles. The van der Waals surface area contributed by atoms with Crippen LogP contribution in [0.25, 0.3) is 11.2 Å². The first-order valence-corrected chi connectivity index (χ1v) is 9.59. The lowest BCUT2D eigenvalue weighted by Gasteiger charge is -2.22. The fraction of sp³-hybridized carbons (Fsp3) is 0.227. The summed E-state index contributed by atoms with van der Waals surface area (Å²) in [6, 6.07) is 11.5. The first kappa shape index (κ1) is 17.8. The van der Waals surface area contributed by atoms with Gasteiger partial charge in [-0.1, -0.05) is 12.1 Å². The number of H-pyrrole nitrogens is 1. The van der Waals surface area contributed by atoms with Crippen LogP contribution in [0.1, 0.15) is 35.8 Å². The van der Waals surface area contributed by atoms with Gasteiger partial charge in [0.15, 0.2) is 5.65 Å². The van der Waals surface area contributed by atoms with Gasteiger partial charge in [0.25, 0.3) is 0 Å². The summed E-state index contributed by atoms with van der Waals surface area (Å²) in [7, 11) is 0. The molecule has 1 fully saturated rings. The van der Waals surface area contributed by atoms with Gasteiger partial charge in [-0.15, -0.1) is 0 Å². The van der Waals surface area contributed by atoms with Crippen LogP contribution in [0.5, 0.6) is 11.6 Å². The Labute approximate surface area is 168 Å². The third kappa shape index (κ3) is 3.95. The Morgan fingerprint density at radius 3 is 2.62 bits per heavy atom. The zero-order valence-corrected chi connectivity index (χ0v) is 15.7. The molecule has 1 saturated heterocycles. The van der Waals surface area contributed by atoms with Crippen molar-refractivity contribution in [2.75, 3.05) is 13.2 Å². The van der Waals surface area contributed by atoms with Crippen LogP contribution in [-0.2, 0) is 4.74 Å². The maximum absolute atomic E-state index is 6.04. The van der Waals surface area contributed by atoms with Gasteiger partial charge in [0.2, 0.25) is 5.88 Å². The van der Waals surface area contributed by atoms with E-state index in [2.05, 4.69) is 31.3 Å². The van der Waals surface area contributed by atoms with Gasteiger partial charge in [-0.2, -0.15) is 0 Å². The van der Waals surface area contributed by atoms with Crippen LogP contribution in [0.4, 0.5) is 0 Å². The molecule has 1 aromatic carbocycles. The van der Waals surface area contributed by atoms with E-state index in [-0.39, 0.29) is 0 Å². The van der Waals surface area contributed by atoms with Crippen molar-refractivity contribution in [1.29, 1.82) is 0 Å². The summed E-state index contributed by atoms with van der Waals surface area (Å²) >= 11 is 0. The summed E-state index contributed by atoms with van der Waals surface area (Å²) in [4.78, 5) is 20.8. The zero-order chi connectivity index (χ0) is 19.5. The van der Waals surface area contributed by atoms with E-state index in [4.69, 9.17) is 9.47 Å². The van der Waals surface area contributed by atoms with E-state index < -0.39 is 0 Å². The second-order valence-electron chi connectivity index (χ2n) is 6.84. The Balaban J connectivity index is 1.31. The van der Waals surface area contributed by atoms with Crippen molar-refractivity contribution < 1.29 is 9.47 Å². The highest BCUT2D eigenvalue weighted by molar-refractivity contribution is 5.70. The van der Waals surface area contributed by atoms with Crippen LogP contribution in [-0.4, -0.2) is 38.1 Å². The summed E-state index contributed by atoms with van der Waals surface area (Å²) in [6.07, 6.45) is 10.2. The molecule has 0 atom stereocenters. The third-order valence-electron chi connectivity index (χ3n) is 4.89. The maximum Gasteiger partial charge on any atom is 0.241 e. The third-order valence-corrected chi connectivity index (χ3v) is 4.89. The van der Waals surface area contributed by atoms with Crippen LogP contribution < -0.4 is 4.74 Å². The molecule has 5 rings (SSSR count). The van der Waals surface area contributed by atoms with E-state index in [0.717, 1.165) is 42.8 Å². The molecule has 144 valence electrons. The van der Waals surface area contributed by atoms with E-state index >= 15 is 0 Å². The molecular weight excluding hydrogens is 366 g/mol. The molecule has 1 N–H and O–H groups in total. The molecule has 7 nitrogen and oxygen atoms in total. The number of ether oxygens (including phenoxy) is 2. The van der Waals surface area contributed by atoms with Crippen LogP contribution in [0.2, 0.25) is 0 Å². The Hall–Kier alpha value is -3.32. The number of hydrogen-bond donors (Lipinski definition) is 1. The molecule has 29 heavy (non-hydrogen) atoms. The van der Waals surface area contributed by atoms with Crippen molar-refractivity contribution >= 4 is 11.2 Å². The fourth-order valence-electron chi connectivity index (χ4n) is 3.42. The van der Waals surface area contributed by atoms with E-state index in [1.807, 2.05) is 36.4 Å². The summed E-state index contributed by atoms with van der Waals surface area (Å²) in [5, 5.41) is 0. The number of fused-ring (bicyclic) bond motifs is 1.